The van der Waals surface area contributed by atoms with Gasteiger partial charge in [-0.05, 0) is 12.1 Å². The van der Waals surface area contributed by atoms with E-state index in [9.17, 15) is 9.59 Å². The quantitative estimate of drug-likeness (QED) is 0.556. The van der Waals surface area contributed by atoms with Gasteiger partial charge in [0, 0.05) is 6.20 Å². The van der Waals surface area contributed by atoms with E-state index in [0.29, 0.717) is 5.65 Å². The molecular weight excluding hydrogens is 184 g/mol. The average molecular weight is 190 g/mol. The minimum absolute atomic E-state index is 0.0631. The normalized spacial score (nSPS) is 10.3. The number of pyridine rings is 1. The number of ketones is 1. The van der Waals surface area contributed by atoms with Crippen LogP contribution in [0, 0.1) is 0 Å². The number of rotatable bonds is 2. The summed E-state index contributed by atoms with van der Waals surface area (Å²) < 4.78 is 1.44. The summed E-state index contributed by atoms with van der Waals surface area (Å²) in [7, 11) is 0. The molecule has 0 radical (unpaired) electrons. The van der Waals surface area contributed by atoms with Gasteiger partial charge in [0.2, 0.25) is 0 Å². The van der Waals surface area contributed by atoms with Crippen LogP contribution in [-0.4, -0.2) is 26.2 Å². The van der Waals surface area contributed by atoms with Crippen molar-refractivity contribution in [1.29, 1.82) is 0 Å². The second-order valence-corrected chi connectivity index (χ2v) is 2.71. The van der Waals surface area contributed by atoms with Gasteiger partial charge in [0.15, 0.2) is 0 Å². The largest absolute Gasteiger partial charge is 0.475 e. The standard InChI is InChI=1S/C9H6N2O3/c12-8(9(13)14)6-5-10-7-3-1-2-4-11(6)7/h1-5H,(H,13,14). The highest BCUT2D eigenvalue weighted by atomic mass is 16.4. The lowest BCUT2D eigenvalue weighted by molar-refractivity contribution is -0.131. The van der Waals surface area contributed by atoms with E-state index in [4.69, 9.17) is 5.11 Å². The SMILES string of the molecule is O=C(O)C(=O)c1cnc2ccccn12. The number of aromatic nitrogens is 2. The van der Waals surface area contributed by atoms with Crippen LogP contribution in [0.4, 0.5) is 0 Å². The number of imidazole rings is 1. The molecule has 0 aliphatic heterocycles. The molecule has 14 heavy (non-hydrogen) atoms. The minimum Gasteiger partial charge on any atom is -0.475 e. The van der Waals surface area contributed by atoms with Gasteiger partial charge < -0.3 is 5.11 Å². The summed E-state index contributed by atoms with van der Waals surface area (Å²) in [6, 6.07) is 5.16. The lowest BCUT2D eigenvalue weighted by atomic mass is 10.3. The highest BCUT2D eigenvalue weighted by molar-refractivity contribution is 6.39. The fourth-order valence-electron chi connectivity index (χ4n) is 1.21. The van der Waals surface area contributed by atoms with Crippen LogP contribution in [0.3, 0.4) is 0 Å². The van der Waals surface area contributed by atoms with Crippen molar-refractivity contribution in [3.05, 3.63) is 36.3 Å². The molecule has 70 valence electrons. The van der Waals surface area contributed by atoms with Gasteiger partial charge in [0.25, 0.3) is 5.78 Å². The van der Waals surface area contributed by atoms with Gasteiger partial charge in [-0.1, -0.05) is 6.07 Å². The first-order valence-corrected chi connectivity index (χ1v) is 3.90. The van der Waals surface area contributed by atoms with Crippen LogP contribution in [0.15, 0.2) is 30.6 Å². The molecule has 5 nitrogen and oxygen atoms in total. The zero-order valence-electron chi connectivity index (χ0n) is 7.04. The molecule has 0 aliphatic carbocycles. The summed E-state index contributed by atoms with van der Waals surface area (Å²) in [5.41, 5.74) is 0.616. The van der Waals surface area contributed by atoms with Gasteiger partial charge in [-0.3, -0.25) is 9.20 Å². The van der Waals surface area contributed by atoms with Crippen molar-refractivity contribution in [3.8, 4) is 0 Å². The molecule has 2 rings (SSSR count). The summed E-state index contributed by atoms with van der Waals surface area (Å²) in [6.45, 7) is 0. The predicted molar refractivity (Wildman–Crippen MR) is 47.2 cm³/mol. The van der Waals surface area contributed by atoms with Crippen LogP contribution in [0.1, 0.15) is 10.5 Å². The maximum absolute atomic E-state index is 11.2. The van der Waals surface area contributed by atoms with Crippen molar-refractivity contribution in [3.63, 3.8) is 0 Å². The minimum atomic E-state index is -1.48. The zero-order valence-corrected chi connectivity index (χ0v) is 7.04. The maximum Gasteiger partial charge on any atom is 0.378 e. The molecule has 0 atom stereocenters. The lowest BCUT2D eigenvalue weighted by Gasteiger charge is -1.95. The number of aliphatic carboxylic acids is 1. The third-order valence-corrected chi connectivity index (χ3v) is 1.84. The molecular formula is C9H6N2O3. The molecule has 0 amide bonds. The van der Waals surface area contributed by atoms with E-state index in [1.54, 1.807) is 24.4 Å². The van der Waals surface area contributed by atoms with Gasteiger partial charge in [-0.25, -0.2) is 9.78 Å². The van der Waals surface area contributed by atoms with E-state index in [1.807, 2.05) is 0 Å². The number of carboxylic acids is 1. The Bertz CT molecular complexity index is 516. The molecule has 0 aliphatic rings. The lowest BCUT2D eigenvalue weighted by Crippen LogP contribution is -2.14. The second kappa shape index (κ2) is 2.95. The Morgan fingerprint density at radius 2 is 2.14 bits per heavy atom. The van der Waals surface area contributed by atoms with Crippen molar-refractivity contribution < 1.29 is 14.7 Å². The van der Waals surface area contributed by atoms with Crippen molar-refractivity contribution in [2.24, 2.45) is 0 Å². The summed E-state index contributed by atoms with van der Waals surface area (Å²) in [6.07, 6.45) is 2.85. The third-order valence-electron chi connectivity index (χ3n) is 1.84. The summed E-state index contributed by atoms with van der Waals surface area (Å²) in [5, 5.41) is 8.52. The molecule has 1 N–H and O–H groups in total. The number of hydrogen-bond donors (Lipinski definition) is 1. The molecule has 2 heterocycles. The van der Waals surface area contributed by atoms with Gasteiger partial charge in [0.1, 0.15) is 11.3 Å². The maximum atomic E-state index is 11.2. The number of nitrogens with zero attached hydrogens (tertiary/aromatic N) is 2. The topological polar surface area (TPSA) is 71.7 Å². The number of fused-ring (bicyclic) bond motifs is 1. The monoisotopic (exact) mass is 190 g/mol. The molecule has 0 fully saturated rings. The fourth-order valence-corrected chi connectivity index (χ4v) is 1.21. The molecule has 0 saturated carbocycles. The molecule has 2 aromatic rings. The van der Waals surface area contributed by atoms with Crippen LogP contribution >= 0.6 is 0 Å². The number of Topliss-reactive ketones (excluding diaryl/α,β-unsaturated/α-hetero) is 1. The molecule has 0 spiro atoms. The zero-order chi connectivity index (χ0) is 10.1. The van der Waals surface area contributed by atoms with Crippen LogP contribution in [0.25, 0.3) is 5.65 Å². The predicted octanol–water partition coefficient (Wildman–Crippen LogP) is 0.602. The summed E-state index contributed by atoms with van der Waals surface area (Å²) in [4.78, 5) is 25.5. The van der Waals surface area contributed by atoms with Crippen molar-refractivity contribution in [2.75, 3.05) is 0 Å². The van der Waals surface area contributed by atoms with E-state index >= 15 is 0 Å². The van der Waals surface area contributed by atoms with Crippen molar-refractivity contribution in [1.82, 2.24) is 9.38 Å². The van der Waals surface area contributed by atoms with E-state index in [-0.39, 0.29) is 5.69 Å². The molecule has 2 aromatic heterocycles. The van der Waals surface area contributed by atoms with Crippen LogP contribution < -0.4 is 0 Å². The number of carbonyl (C=O) groups is 2. The van der Waals surface area contributed by atoms with Gasteiger partial charge in [-0.15, -0.1) is 0 Å². The molecule has 5 heteroatoms. The number of hydrogen-bond acceptors (Lipinski definition) is 3. The third kappa shape index (κ3) is 1.15. The Labute approximate surface area is 78.6 Å². The van der Waals surface area contributed by atoms with Crippen molar-refractivity contribution in [2.45, 2.75) is 0 Å². The fraction of sp³-hybridized carbons (Fsp3) is 0. The molecule has 0 aromatic carbocycles. The summed E-state index contributed by atoms with van der Waals surface area (Å²) >= 11 is 0. The molecule has 0 saturated heterocycles. The Kier molecular flexibility index (Phi) is 1.78. The Balaban J connectivity index is 2.64. The Morgan fingerprint density at radius 3 is 2.86 bits per heavy atom. The van der Waals surface area contributed by atoms with E-state index in [0.717, 1.165) is 0 Å². The second-order valence-electron chi connectivity index (χ2n) is 2.71. The first kappa shape index (κ1) is 8.43. The average Bonchev–Trinajstić information content (AvgIpc) is 2.60. The highest BCUT2D eigenvalue weighted by Crippen LogP contribution is 2.06. The highest BCUT2D eigenvalue weighted by Gasteiger charge is 2.18. The summed E-state index contributed by atoms with van der Waals surface area (Å²) in [5.74, 6) is -2.43. The number of carboxylic acid groups (broad SMARTS) is 1. The van der Waals surface area contributed by atoms with Gasteiger partial charge >= 0.3 is 5.97 Å². The van der Waals surface area contributed by atoms with Crippen molar-refractivity contribution >= 4 is 17.4 Å². The number of carbonyl (C=O) groups excluding carboxylic acids is 1. The van der Waals surface area contributed by atoms with Crippen LogP contribution in [0.2, 0.25) is 0 Å². The first-order chi connectivity index (χ1) is 6.70. The van der Waals surface area contributed by atoms with E-state index in [2.05, 4.69) is 4.98 Å². The molecule has 0 unspecified atom stereocenters. The van der Waals surface area contributed by atoms with E-state index < -0.39 is 11.8 Å². The van der Waals surface area contributed by atoms with Crippen LogP contribution in [0.5, 0.6) is 0 Å². The Morgan fingerprint density at radius 1 is 1.36 bits per heavy atom. The van der Waals surface area contributed by atoms with Gasteiger partial charge in [-0.2, -0.15) is 0 Å². The van der Waals surface area contributed by atoms with Gasteiger partial charge in [0.05, 0.1) is 6.20 Å². The smallest absolute Gasteiger partial charge is 0.378 e. The van der Waals surface area contributed by atoms with E-state index in [1.165, 1.54) is 10.6 Å². The molecule has 0 bridgehead atoms. The first-order valence-electron chi connectivity index (χ1n) is 3.90. The van der Waals surface area contributed by atoms with Crippen LogP contribution in [-0.2, 0) is 4.79 Å². The Hall–Kier alpha value is -2.17.